The summed E-state index contributed by atoms with van der Waals surface area (Å²) in [6.45, 7) is 1.60. The zero-order valence-corrected chi connectivity index (χ0v) is 6.34. The van der Waals surface area contributed by atoms with E-state index < -0.39 is 6.09 Å². The molecule has 0 radical (unpaired) electrons. The maximum atomic E-state index is 10.6. The van der Waals surface area contributed by atoms with Crippen LogP contribution in [0.4, 0.5) is 4.79 Å². The maximum Gasteiger partial charge on any atom is 0.513 e. The Morgan fingerprint density at radius 1 is 1.30 bits per heavy atom. The molecule has 3 heteroatoms. The molecule has 0 aromatic heterocycles. The predicted molar refractivity (Wildman–Crippen MR) is 37.8 cm³/mol. The topological polar surface area (TPSA) is 37.3 Å². The van der Waals surface area contributed by atoms with Crippen LogP contribution >= 0.6 is 0 Å². The number of carboxylic acid groups (broad SMARTS) is 1. The first-order chi connectivity index (χ1) is 4.65. The third kappa shape index (κ3) is 1.29. The van der Waals surface area contributed by atoms with Crippen molar-refractivity contribution < 1.29 is 14.4 Å². The third-order valence-electron chi connectivity index (χ3n) is 2.27. The lowest BCUT2D eigenvalue weighted by molar-refractivity contribution is -0.842. The van der Waals surface area contributed by atoms with Gasteiger partial charge in [-0.1, -0.05) is 0 Å². The Hall–Kier alpha value is -0.570. The number of hydrogen-bond donors (Lipinski definition) is 1. The molecule has 1 rings (SSSR count). The summed E-state index contributed by atoms with van der Waals surface area (Å²) in [7, 11) is 1.79. The first-order valence-corrected chi connectivity index (χ1v) is 3.73. The molecule has 10 heavy (non-hydrogen) atoms. The van der Waals surface area contributed by atoms with Gasteiger partial charge < -0.3 is 5.11 Å². The van der Waals surface area contributed by atoms with E-state index in [1.165, 1.54) is 6.42 Å². The highest BCUT2D eigenvalue weighted by molar-refractivity contribution is 5.56. The van der Waals surface area contributed by atoms with Crippen molar-refractivity contribution in [1.29, 1.82) is 0 Å². The van der Waals surface area contributed by atoms with Crippen LogP contribution in [0.5, 0.6) is 0 Å². The maximum absolute atomic E-state index is 10.6. The van der Waals surface area contributed by atoms with Gasteiger partial charge in [0.2, 0.25) is 0 Å². The Bertz CT molecular complexity index is 139. The van der Waals surface area contributed by atoms with Gasteiger partial charge in [0.05, 0.1) is 20.1 Å². The summed E-state index contributed by atoms with van der Waals surface area (Å²) in [4.78, 5) is 10.6. The standard InChI is InChI=1S/C7H13NO2/c1-8(7(9)10)5-3-2-4-6-8/h2-6H2,1H3/p+1. The van der Waals surface area contributed by atoms with Gasteiger partial charge in [-0.3, -0.25) is 0 Å². The Balaban J connectivity index is 2.56. The molecule has 1 aliphatic rings. The molecule has 3 nitrogen and oxygen atoms in total. The minimum absolute atomic E-state index is 0.222. The molecule has 1 saturated heterocycles. The van der Waals surface area contributed by atoms with Gasteiger partial charge in [0.1, 0.15) is 0 Å². The van der Waals surface area contributed by atoms with Crippen molar-refractivity contribution in [3.05, 3.63) is 0 Å². The summed E-state index contributed by atoms with van der Waals surface area (Å²) in [5.74, 6) is 0. The molecule has 1 N–H and O–H groups in total. The number of rotatable bonds is 0. The largest absolute Gasteiger partial charge is 0.513 e. The monoisotopic (exact) mass is 144 g/mol. The van der Waals surface area contributed by atoms with Crippen LogP contribution in [0.25, 0.3) is 0 Å². The number of quaternary nitrogens is 1. The van der Waals surface area contributed by atoms with E-state index in [-0.39, 0.29) is 4.48 Å². The van der Waals surface area contributed by atoms with Gasteiger partial charge >= 0.3 is 6.09 Å². The quantitative estimate of drug-likeness (QED) is 0.520. The van der Waals surface area contributed by atoms with Crippen molar-refractivity contribution in [3.63, 3.8) is 0 Å². The van der Waals surface area contributed by atoms with E-state index in [9.17, 15) is 4.79 Å². The molecule has 1 fully saturated rings. The molecule has 0 atom stereocenters. The summed E-state index contributed by atoms with van der Waals surface area (Å²) < 4.78 is 0.222. The molecule has 1 heterocycles. The molecule has 1 amide bonds. The lowest BCUT2D eigenvalue weighted by Gasteiger charge is -2.31. The van der Waals surface area contributed by atoms with Gasteiger partial charge in [0.15, 0.2) is 0 Å². The van der Waals surface area contributed by atoms with Gasteiger partial charge in [-0.25, -0.2) is 4.48 Å². The Kier molecular flexibility index (Phi) is 1.94. The summed E-state index contributed by atoms with van der Waals surface area (Å²) >= 11 is 0. The average Bonchev–Trinajstić information content (AvgIpc) is 1.89. The molecule has 0 aromatic rings. The van der Waals surface area contributed by atoms with Gasteiger partial charge in [-0.2, -0.15) is 4.79 Å². The molecular formula is C7H14NO2+. The van der Waals surface area contributed by atoms with E-state index in [1.54, 1.807) is 7.05 Å². The van der Waals surface area contributed by atoms with Crippen LogP contribution in [-0.4, -0.2) is 35.8 Å². The SMILES string of the molecule is C[N+]1(C(=O)O)CCCCC1. The second kappa shape index (κ2) is 2.58. The van der Waals surface area contributed by atoms with E-state index in [2.05, 4.69) is 0 Å². The van der Waals surface area contributed by atoms with Crippen molar-refractivity contribution in [2.75, 3.05) is 20.1 Å². The molecule has 1 aliphatic heterocycles. The number of hydrogen-bond acceptors (Lipinski definition) is 1. The normalized spacial score (nSPS) is 24.1. The van der Waals surface area contributed by atoms with Gasteiger partial charge in [0, 0.05) is 0 Å². The van der Waals surface area contributed by atoms with Crippen LogP contribution in [0.3, 0.4) is 0 Å². The van der Waals surface area contributed by atoms with Crippen molar-refractivity contribution in [1.82, 2.24) is 0 Å². The molecule has 0 aliphatic carbocycles. The van der Waals surface area contributed by atoms with Gasteiger partial charge in [0.25, 0.3) is 0 Å². The van der Waals surface area contributed by atoms with Crippen molar-refractivity contribution >= 4 is 6.09 Å². The fourth-order valence-corrected chi connectivity index (χ4v) is 1.40. The average molecular weight is 144 g/mol. The summed E-state index contributed by atoms with van der Waals surface area (Å²) in [6.07, 6.45) is 2.63. The zero-order chi connectivity index (χ0) is 7.61. The predicted octanol–water partition coefficient (Wildman–Crippen LogP) is 1.29. The van der Waals surface area contributed by atoms with Gasteiger partial charge in [-0.15, -0.1) is 0 Å². The number of carbonyl (C=O) groups is 1. The molecular weight excluding hydrogens is 130 g/mol. The molecule has 0 unspecified atom stereocenters. The van der Waals surface area contributed by atoms with E-state index >= 15 is 0 Å². The van der Waals surface area contributed by atoms with Crippen LogP contribution in [0, 0.1) is 0 Å². The lowest BCUT2D eigenvalue weighted by Crippen LogP contribution is -2.51. The van der Waals surface area contributed by atoms with Crippen molar-refractivity contribution in [2.45, 2.75) is 19.3 Å². The smallest absolute Gasteiger partial charge is 0.435 e. The molecule has 0 saturated carbocycles. The van der Waals surface area contributed by atoms with E-state index in [1.807, 2.05) is 0 Å². The van der Waals surface area contributed by atoms with Gasteiger partial charge in [-0.05, 0) is 19.3 Å². The first-order valence-electron chi connectivity index (χ1n) is 3.73. The molecule has 0 spiro atoms. The van der Waals surface area contributed by atoms with Crippen molar-refractivity contribution in [3.8, 4) is 0 Å². The zero-order valence-electron chi connectivity index (χ0n) is 6.34. The fourth-order valence-electron chi connectivity index (χ4n) is 1.40. The first kappa shape index (κ1) is 7.54. The van der Waals surface area contributed by atoms with Crippen LogP contribution in [0.1, 0.15) is 19.3 Å². The highest BCUT2D eigenvalue weighted by Gasteiger charge is 2.32. The highest BCUT2D eigenvalue weighted by atomic mass is 16.4. The second-order valence-corrected chi connectivity index (χ2v) is 3.19. The third-order valence-corrected chi connectivity index (χ3v) is 2.27. The Morgan fingerprint density at radius 2 is 1.80 bits per heavy atom. The highest BCUT2D eigenvalue weighted by Crippen LogP contribution is 2.15. The number of piperidine rings is 1. The minimum atomic E-state index is -0.681. The number of amides is 1. The Morgan fingerprint density at radius 3 is 2.10 bits per heavy atom. The summed E-state index contributed by atoms with van der Waals surface area (Å²) in [6, 6.07) is 0. The van der Waals surface area contributed by atoms with E-state index in [0.29, 0.717) is 0 Å². The molecule has 0 aromatic carbocycles. The Labute approximate surface area is 60.8 Å². The molecule has 0 bridgehead atoms. The van der Waals surface area contributed by atoms with Crippen LogP contribution in [-0.2, 0) is 0 Å². The van der Waals surface area contributed by atoms with Crippen molar-refractivity contribution in [2.24, 2.45) is 0 Å². The van der Waals surface area contributed by atoms with E-state index in [0.717, 1.165) is 25.9 Å². The summed E-state index contributed by atoms with van der Waals surface area (Å²) in [5.41, 5.74) is 0. The fraction of sp³-hybridized carbons (Fsp3) is 0.857. The molecule has 58 valence electrons. The van der Waals surface area contributed by atoms with Crippen LogP contribution in [0.2, 0.25) is 0 Å². The van der Waals surface area contributed by atoms with Crippen LogP contribution < -0.4 is 0 Å². The number of likely N-dealkylation sites (tertiary alicyclic amines) is 1. The second-order valence-electron chi connectivity index (χ2n) is 3.19. The van der Waals surface area contributed by atoms with E-state index in [4.69, 9.17) is 5.11 Å². The minimum Gasteiger partial charge on any atom is -0.435 e. The number of nitrogens with zero attached hydrogens (tertiary/aromatic N) is 1. The lowest BCUT2D eigenvalue weighted by atomic mass is 10.1. The summed E-state index contributed by atoms with van der Waals surface area (Å²) in [5, 5.41) is 8.77. The van der Waals surface area contributed by atoms with Crippen LogP contribution in [0.15, 0.2) is 0 Å².